The fraction of sp³-hybridized carbons (Fsp3) is 0.269. The number of sulfonamides is 1. The van der Waals surface area contributed by atoms with Crippen molar-refractivity contribution in [2.75, 3.05) is 36.4 Å². The average Bonchev–Trinajstić information content (AvgIpc) is 2.90. The number of halogens is 2. The second-order valence-corrected chi connectivity index (χ2v) is 11.1. The lowest BCUT2D eigenvalue weighted by molar-refractivity contribution is -0.119. The molecule has 1 N–H and O–H groups in total. The number of nitrogens with one attached hydrogen (secondary N) is 1. The molecular formula is C26H26F2N2O5S2. The first-order chi connectivity index (χ1) is 17.8. The standard InChI is InChI=1S/C26H26F2N2O5S2/c27-20-6-8-21(9-7-20)30(37(32,33)22-10-11-24-25(16-22)35-14-13-34-24)17-26(31)29-12-3-15-36-18-19-4-1-2-5-23(19)28/h1-2,4-11,16H,3,12-15,17-18H2,(H,29,31). The van der Waals surface area contributed by atoms with Crippen molar-refractivity contribution in [3.8, 4) is 11.5 Å². The molecule has 37 heavy (non-hydrogen) atoms. The quantitative estimate of drug-likeness (QED) is 0.358. The van der Waals surface area contributed by atoms with Crippen LogP contribution in [-0.2, 0) is 20.6 Å². The number of hydrogen-bond acceptors (Lipinski definition) is 6. The first kappa shape index (κ1) is 26.7. The predicted octanol–water partition coefficient (Wildman–Crippen LogP) is 4.37. The third kappa shape index (κ3) is 6.92. The van der Waals surface area contributed by atoms with Gasteiger partial charge in [0.25, 0.3) is 10.0 Å². The van der Waals surface area contributed by atoms with Crippen LogP contribution in [0.15, 0.2) is 71.6 Å². The molecule has 0 radical (unpaired) electrons. The van der Waals surface area contributed by atoms with E-state index in [1.807, 2.05) is 0 Å². The number of ether oxygens (including phenoxy) is 2. The third-order valence-corrected chi connectivity index (χ3v) is 8.37. The molecule has 0 aliphatic carbocycles. The van der Waals surface area contributed by atoms with Crippen molar-refractivity contribution < 1.29 is 31.5 Å². The van der Waals surface area contributed by atoms with Crippen LogP contribution in [0.25, 0.3) is 0 Å². The second-order valence-electron chi connectivity index (χ2n) is 8.14. The molecule has 0 spiro atoms. The molecule has 0 fully saturated rings. The molecule has 11 heteroatoms. The first-order valence-electron chi connectivity index (χ1n) is 11.6. The zero-order valence-corrected chi connectivity index (χ0v) is 21.5. The molecule has 0 bridgehead atoms. The molecule has 7 nitrogen and oxygen atoms in total. The summed E-state index contributed by atoms with van der Waals surface area (Å²) in [5.41, 5.74) is 0.766. The summed E-state index contributed by atoms with van der Waals surface area (Å²) in [6.45, 7) is 0.483. The third-order valence-electron chi connectivity index (χ3n) is 5.51. The smallest absolute Gasteiger partial charge is 0.264 e. The molecule has 0 saturated heterocycles. The van der Waals surface area contributed by atoms with E-state index in [0.717, 1.165) is 16.4 Å². The van der Waals surface area contributed by atoms with Gasteiger partial charge in [-0.15, -0.1) is 0 Å². The average molecular weight is 549 g/mol. The van der Waals surface area contributed by atoms with Crippen LogP contribution < -0.4 is 19.1 Å². The Labute approximate surface area is 218 Å². The van der Waals surface area contributed by atoms with E-state index in [0.29, 0.717) is 54.7 Å². The molecule has 3 aromatic carbocycles. The van der Waals surface area contributed by atoms with Crippen molar-refractivity contribution in [1.29, 1.82) is 0 Å². The number of carbonyl (C=O) groups excluding carboxylic acids is 1. The minimum absolute atomic E-state index is 0.0848. The van der Waals surface area contributed by atoms with Gasteiger partial charge in [-0.3, -0.25) is 9.10 Å². The van der Waals surface area contributed by atoms with Crippen LogP contribution in [0.3, 0.4) is 0 Å². The molecule has 4 rings (SSSR count). The van der Waals surface area contributed by atoms with E-state index in [2.05, 4.69) is 5.32 Å². The Kier molecular flexibility index (Phi) is 8.88. The van der Waals surface area contributed by atoms with Crippen LogP contribution in [0.2, 0.25) is 0 Å². The van der Waals surface area contributed by atoms with Gasteiger partial charge in [-0.05, 0) is 60.2 Å². The van der Waals surface area contributed by atoms with Gasteiger partial charge in [0.15, 0.2) is 11.5 Å². The number of benzene rings is 3. The lowest BCUT2D eigenvalue weighted by Crippen LogP contribution is -2.41. The van der Waals surface area contributed by atoms with Crippen molar-refractivity contribution >= 4 is 33.4 Å². The zero-order valence-electron chi connectivity index (χ0n) is 19.9. The van der Waals surface area contributed by atoms with E-state index >= 15 is 0 Å². The Morgan fingerprint density at radius 3 is 2.46 bits per heavy atom. The normalized spacial score (nSPS) is 12.7. The van der Waals surface area contributed by atoms with E-state index in [1.54, 1.807) is 30.0 Å². The topological polar surface area (TPSA) is 84.9 Å². The van der Waals surface area contributed by atoms with Gasteiger partial charge in [0.05, 0.1) is 10.6 Å². The summed E-state index contributed by atoms with van der Waals surface area (Å²) in [7, 11) is -4.19. The first-order valence-corrected chi connectivity index (χ1v) is 14.2. The second kappa shape index (κ2) is 12.3. The van der Waals surface area contributed by atoms with Crippen LogP contribution in [-0.4, -0.2) is 46.4 Å². The highest BCUT2D eigenvalue weighted by molar-refractivity contribution is 7.98. The number of hydrogen-bond donors (Lipinski definition) is 1. The molecule has 0 saturated carbocycles. The van der Waals surface area contributed by atoms with Gasteiger partial charge in [-0.2, -0.15) is 11.8 Å². The van der Waals surface area contributed by atoms with Gasteiger partial charge >= 0.3 is 0 Å². The van der Waals surface area contributed by atoms with Crippen molar-refractivity contribution in [3.05, 3.63) is 83.9 Å². The van der Waals surface area contributed by atoms with Gasteiger partial charge in [0, 0.05) is 18.4 Å². The van der Waals surface area contributed by atoms with Gasteiger partial charge in [0.2, 0.25) is 5.91 Å². The molecule has 3 aromatic rings. The summed E-state index contributed by atoms with van der Waals surface area (Å²) in [5.74, 6) is 0.650. The van der Waals surface area contributed by atoms with Gasteiger partial charge in [-0.25, -0.2) is 17.2 Å². The lowest BCUT2D eigenvalue weighted by atomic mass is 10.2. The number of amides is 1. The number of thioether (sulfide) groups is 1. The maximum absolute atomic E-state index is 13.7. The van der Waals surface area contributed by atoms with Gasteiger partial charge in [-0.1, -0.05) is 18.2 Å². The molecule has 1 amide bonds. The maximum Gasteiger partial charge on any atom is 0.264 e. The Balaban J connectivity index is 1.39. The van der Waals surface area contributed by atoms with Crippen LogP contribution in [0.4, 0.5) is 14.5 Å². The van der Waals surface area contributed by atoms with E-state index in [9.17, 15) is 22.0 Å². The van der Waals surface area contributed by atoms with Gasteiger partial charge < -0.3 is 14.8 Å². The summed E-state index contributed by atoms with van der Waals surface area (Å²) >= 11 is 1.54. The summed E-state index contributed by atoms with van der Waals surface area (Å²) in [6, 6.07) is 15.7. The predicted molar refractivity (Wildman–Crippen MR) is 139 cm³/mol. The molecule has 1 aliphatic rings. The Morgan fingerprint density at radius 1 is 0.973 bits per heavy atom. The van der Waals surface area contributed by atoms with Crippen molar-refractivity contribution in [2.24, 2.45) is 0 Å². The van der Waals surface area contributed by atoms with Crippen LogP contribution >= 0.6 is 11.8 Å². The zero-order chi connectivity index (χ0) is 26.3. The largest absolute Gasteiger partial charge is 0.486 e. The fourth-order valence-electron chi connectivity index (χ4n) is 3.62. The minimum atomic E-state index is -4.19. The molecular weight excluding hydrogens is 522 g/mol. The van der Waals surface area contributed by atoms with Crippen LogP contribution in [0, 0.1) is 11.6 Å². The maximum atomic E-state index is 13.7. The molecule has 196 valence electrons. The summed E-state index contributed by atoms with van der Waals surface area (Å²) < 4.78 is 66.2. The fourth-order valence-corrected chi connectivity index (χ4v) is 6.00. The Hall–Kier alpha value is -3.31. The van der Waals surface area contributed by atoms with Crippen molar-refractivity contribution in [1.82, 2.24) is 5.32 Å². The highest BCUT2D eigenvalue weighted by Gasteiger charge is 2.29. The van der Waals surface area contributed by atoms with Crippen molar-refractivity contribution in [3.63, 3.8) is 0 Å². The van der Waals surface area contributed by atoms with E-state index in [-0.39, 0.29) is 16.4 Å². The monoisotopic (exact) mass is 548 g/mol. The van der Waals surface area contributed by atoms with Crippen LogP contribution in [0.1, 0.15) is 12.0 Å². The highest BCUT2D eigenvalue weighted by Crippen LogP contribution is 2.34. The lowest BCUT2D eigenvalue weighted by Gasteiger charge is -2.25. The highest BCUT2D eigenvalue weighted by atomic mass is 32.2. The number of carbonyl (C=O) groups is 1. The number of nitrogens with zero attached hydrogens (tertiary/aromatic N) is 1. The molecule has 0 aromatic heterocycles. The Morgan fingerprint density at radius 2 is 1.70 bits per heavy atom. The molecule has 1 heterocycles. The number of fused-ring (bicyclic) bond motifs is 1. The summed E-state index contributed by atoms with van der Waals surface area (Å²) in [6.07, 6.45) is 0.621. The molecule has 0 unspecified atom stereocenters. The summed E-state index contributed by atoms with van der Waals surface area (Å²) in [5, 5.41) is 2.73. The summed E-state index contributed by atoms with van der Waals surface area (Å²) in [4.78, 5) is 12.6. The van der Waals surface area contributed by atoms with E-state index in [4.69, 9.17) is 9.47 Å². The Bertz CT molecular complexity index is 1340. The molecule has 0 atom stereocenters. The van der Waals surface area contributed by atoms with E-state index in [1.165, 1.54) is 36.4 Å². The van der Waals surface area contributed by atoms with Crippen molar-refractivity contribution in [2.45, 2.75) is 17.1 Å². The number of anilines is 1. The van der Waals surface area contributed by atoms with E-state index < -0.39 is 28.3 Å². The number of rotatable bonds is 11. The molecule has 1 aliphatic heterocycles. The van der Waals surface area contributed by atoms with Crippen LogP contribution in [0.5, 0.6) is 11.5 Å². The van der Waals surface area contributed by atoms with Gasteiger partial charge in [0.1, 0.15) is 31.4 Å². The SMILES string of the molecule is O=C(CN(c1ccc(F)cc1)S(=O)(=O)c1ccc2c(c1)OCCO2)NCCCSCc1ccccc1F. The minimum Gasteiger partial charge on any atom is -0.486 e.